The lowest BCUT2D eigenvalue weighted by molar-refractivity contribution is 0.0921. The Morgan fingerprint density at radius 3 is 2.89 bits per heavy atom. The molecule has 0 aromatic heterocycles. The summed E-state index contributed by atoms with van der Waals surface area (Å²) in [6, 6.07) is 5.44. The molecule has 0 bridgehead atoms. The van der Waals surface area contributed by atoms with E-state index in [-0.39, 0.29) is 5.56 Å². The number of nitrogens with zero attached hydrogens (tertiary/aromatic N) is 1. The van der Waals surface area contributed by atoms with Crippen molar-refractivity contribution < 1.29 is 13.6 Å². The van der Waals surface area contributed by atoms with Gasteiger partial charge in [0.05, 0.1) is 11.6 Å². The standard InChI is InChI=1S/C12H10F2N2OS/c13-9-3-1-2-8(10(9)14)11(17)16-12(6-15)4-5-18-7-12/h1-3H,4-5,7H2,(H,16,17). The molecule has 94 valence electrons. The first kappa shape index (κ1) is 12.8. The van der Waals surface area contributed by atoms with Gasteiger partial charge in [-0.25, -0.2) is 8.78 Å². The SMILES string of the molecule is N#CC1(NC(=O)c2cccc(F)c2F)CCSC1. The zero-order chi connectivity index (χ0) is 13.2. The number of nitriles is 1. The van der Waals surface area contributed by atoms with E-state index in [9.17, 15) is 13.6 Å². The summed E-state index contributed by atoms with van der Waals surface area (Å²) in [4.78, 5) is 11.9. The fourth-order valence-corrected chi connectivity index (χ4v) is 3.01. The van der Waals surface area contributed by atoms with Crippen LogP contribution >= 0.6 is 11.8 Å². The molecule has 1 atom stereocenters. The van der Waals surface area contributed by atoms with Crippen molar-refractivity contribution in [2.75, 3.05) is 11.5 Å². The maximum absolute atomic E-state index is 13.4. The summed E-state index contributed by atoms with van der Waals surface area (Å²) in [6.07, 6.45) is 0.511. The molecule has 2 rings (SSSR count). The molecule has 1 aliphatic rings. The van der Waals surface area contributed by atoms with Crippen molar-refractivity contribution >= 4 is 17.7 Å². The lowest BCUT2D eigenvalue weighted by Crippen LogP contribution is -2.47. The predicted octanol–water partition coefficient (Wildman–Crippen LogP) is 2.09. The van der Waals surface area contributed by atoms with E-state index in [1.807, 2.05) is 6.07 Å². The molecule has 1 fully saturated rings. The van der Waals surface area contributed by atoms with Gasteiger partial charge in [-0.3, -0.25) is 4.79 Å². The average molecular weight is 268 g/mol. The first-order valence-electron chi connectivity index (χ1n) is 5.33. The van der Waals surface area contributed by atoms with Crippen LogP contribution in [-0.2, 0) is 0 Å². The maximum atomic E-state index is 13.4. The van der Waals surface area contributed by atoms with Gasteiger partial charge >= 0.3 is 0 Å². The van der Waals surface area contributed by atoms with Gasteiger partial charge in [-0.2, -0.15) is 17.0 Å². The molecule has 1 aromatic carbocycles. The molecule has 3 nitrogen and oxygen atoms in total. The molecule has 0 aliphatic carbocycles. The normalized spacial score (nSPS) is 22.5. The van der Waals surface area contributed by atoms with Crippen LogP contribution in [0.3, 0.4) is 0 Å². The molecular formula is C12H10F2N2OS. The summed E-state index contributed by atoms with van der Waals surface area (Å²) >= 11 is 1.55. The summed E-state index contributed by atoms with van der Waals surface area (Å²) in [5.41, 5.74) is -1.35. The smallest absolute Gasteiger partial charge is 0.255 e. The van der Waals surface area contributed by atoms with Crippen LogP contribution < -0.4 is 5.32 Å². The second-order valence-electron chi connectivity index (χ2n) is 4.05. The number of carbonyl (C=O) groups excluding carboxylic acids is 1. The van der Waals surface area contributed by atoms with E-state index in [0.717, 1.165) is 11.8 Å². The highest BCUT2D eigenvalue weighted by Gasteiger charge is 2.36. The molecule has 1 aromatic rings. The average Bonchev–Trinajstić information content (AvgIpc) is 2.81. The third-order valence-corrected chi connectivity index (χ3v) is 3.97. The molecule has 1 amide bonds. The van der Waals surface area contributed by atoms with E-state index in [0.29, 0.717) is 12.2 Å². The van der Waals surface area contributed by atoms with Crippen molar-refractivity contribution in [1.82, 2.24) is 5.32 Å². The number of hydrogen-bond acceptors (Lipinski definition) is 3. The van der Waals surface area contributed by atoms with Crippen LogP contribution in [0.25, 0.3) is 0 Å². The Kier molecular flexibility index (Phi) is 3.53. The zero-order valence-corrected chi connectivity index (χ0v) is 10.2. The van der Waals surface area contributed by atoms with Gasteiger partial charge in [0.2, 0.25) is 0 Å². The molecule has 6 heteroatoms. The van der Waals surface area contributed by atoms with E-state index in [1.165, 1.54) is 12.1 Å². The minimum absolute atomic E-state index is 0.374. The molecule has 0 radical (unpaired) electrons. The number of nitrogens with one attached hydrogen (secondary N) is 1. The van der Waals surface area contributed by atoms with E-state index >= 15 is 0 Å². The Bertz CT molecular complexity index is 521. The number of rotatable bonds is 2. The van der Waals surface area contributed by atoms with Crippen molar-refractivity contribution in [3.05, 3.63) is 35.4 Å². The third kappa shape index (κ3) is 2.31. The second-order valence-corrected chi connectivity index (χ2v) is 5.16. The topological polar surface area (TPSA) is 52.9 Å². The van der Waals surface area contributed by atoms with Crippen molar-refractivity contribution in [2.24, 2.45) is 0 Å². The van der Waals surface area contributed by atoms with Crippen LogP contribution in [0.1, 0.15) is 16.8 Å². The first-order valence-corrected chi connectivity index (χ1v) is 6.49. The highest BCUT2D eigenvalue weighted by Crippen LogP contribution is 2.27. The molecule has 1 heterocycles. The lowest BCUT2D eigenvalue weighted by Gasteiger charge is -2.21. The molecule has 1 unspecified atom stereocenters. The van der Waals surface area contributed by atoms with Crippen molar-refractivity contribution in [3.63, 3.8) is 0 Å². The predicted molar refractivity (Wildman–Crippen MR) is 64.1 cm³/mol. The van der Waals surface area contributed by atoms with Crippen molar-refractivity contribution in [3.8, 4) is 6.07 Å². The third-order valence-electron chi connectivity index (χ3n) is 2.78. The minimum Gasteiger partial charge on any atom is -0.333 e. The molecular weight excluding hydrogens is 258 g/mol. The Hall–Kier alpha value is -1.61. The van der Waals surface area contributed by atoms with Crippen LogP contribution in [0.15, 0.2) is 18.2 Å². The summed E-state index contributed by atoms with van der Waals surface area (Å²) in [7, 11) is 0. The molecule has 18 heavy (non-hydrogen) atoms. The molecule has 0 saturated carbocycles. The number of benzene rings is 1. The monoisotopic (exact) mass is 268 g/mol. The molecule has 1 N–H and O–H groups in total. The summed E-state index contributed by atoms with van der Waals surface area (Å²) in [5.74, 6) is -1.79. The second kappa shape index (κ2) is 4.94. The Morgan fingerprint density at radius 1 is 1.50 bits per heavy atom. The molecule has 1 saturated heterocycles. The summed E-state index contributed by atoms with van der Waals surface area (Å²) in [6.45, 7) is 0. The summed E-state index contributed by atoms with van der Waals surface area (Å²) < 4.78 is 26.4. The van der Waals surface area contributed by atoms with Gasteiger partial charge in [-0.05, 0) is 24.3 Å². The molecule has 1 aliphatic heterocycles. The van der Waals surface area contributed by atoms with E-state index in [1.54, 1.807) is 11.8 Å². The lowest BCUT2D eigenvalue weighted by atomic mass is 10.0. The Balaban J connectivity index is 2.22. The maximum Gasteiger partial charge on any atom is 0.255 e. The Morgan fingerprint density at radius 2 is 2.28 bits per heavy atom. The molecule has 0 spiro atoms. The van der Waals surface area contributed by atoms with Crippen LogP contribution in [0.5, 0.6) is 0 Å². The van der Waals surface area contributed by atoms with E-state index in [2.05, 4.69) is 5.32 Å². The van der Waals surface area contributed by atoms with Crippen LogP contribution in [0.4, 0.5) is 8.78 Å². The van der Waals surface area contributed by atoms with Crippen molar-refractivity contribution in [1.29, 1.82) is 5.26 Å². The number of thioether (sulfide) groups is 1. The zero-order valence-electron chi connectivity index (χ0n) is 9.37. The van der Waals surface area contributed by atoms with Gasteiger partial charge in [-0.1, -0.05) is 6.07 Å². The van der Waals surface area contributed by atoms with Gasteiger partial charge in [0.1, 0.15) is 5.54 Å². The van der Waals surface area contributed by atoms with Gasteiger partial charge in [0.25, 0.3) is 5.91 Å². The van der Waals surface area contributed by atoms with Crippen molar-refractivity contribution in [2.45, 2.75) is 12.0 Å². The highest BCUT2D eigenvalue weighted by atomic mass is 32.2. The number of hydrogen-bond donors (Lipinski definition) is 1. The fourth-order valence-electron chi connectivity index (χ4n) is 1.74. The van der Waals surface area contributed by atoms with Gasteiger partial charge in [-0.15, -0.1) is 0 Å². The van der Waals surface area contributed by atoms with Gasteiger partial charge in [0.15, 0.2) is 11.6 Å². The fraction of sp³-hybridized carbons (Fsp3) is 0.333. The van der Waals surface area contributed by atoms with Crippen LogP contribution in [0, 0.1) is 23.0 Å². The summed E-state index contributed by atoms with van der Waals surface area (Å²) in [5, 5.41) is 11.6. The van der Waals surface area contributed by atoms with Crippen LogP contribution in [0.2, 0.25) is 0 Å². The van der Waals surface area contributed by atoms with E-state index < -0.39 is 23.1 Å². The van der Waals surface area contributed by atoms with Gasteiger partial charge < -0.3 is 5.32 Å². The minimum atomic E-state index is -1.19. The number of halogens is 2. The first-order chi connectivity index (χ1) is 8.58. The quantitative estimate of drug-likeness (QED) is 0.893. The van der Waals surface area contributed by atoms with Crippen LogP contribution in [-0.4, -0.2) is 23.0 Å². The highest BCUT2D eigenvalue weighted by molar-refractivity contribution is 7.99. The number of carbonyl (C=O) groups is 1. The largest absolute Gasteiger partial charge is 0.333 e. The van der Waals surface area contributed by atoms with Gasteiger partial charge in [0, 0.05) is 5.75 Å². The van der Waals surface area contributed by atoms with E-state index in [4.69, 9.17) is 5.26 Å². The number of amides is 1. The Labute approximate surface area is 107 Å².